The van der Waals surface area contributed by atoms with E-state index in [9.17, 15) is 0 Å². The quantitative estimate of drug-likeness (QED) is 0.719. The first-order valence-corrected chi connectivity index (χ1v) is 6.55. The van der Waals surface area contributed by atoms with Crippen molar-refractivity contribution in [2.24, 2.45) is 0 Å². The van der Waals surface area contributed by atoms with E-state index in [1.165, 1.54) is 0 Å². The molecular formula is C14H15N7. The van der Waals surface area contributed by atoms with Gasteiger partial charge in [0.1, 0.15) is 0 Å². The average molecular weight is 281 g/mol. The highest BCUT2D eigenvalue weighted by molar-refractivity contribution is 5.39. The van der Waals surface area contributed by atoms with E-state index in [1.807, 2.05) is 43.3 Å². The molecule has 0 bridgehead atoms. The highest BCUT2D eigenvalue weighted by atomic mass is 15.4. The maximum Gasteiger partial charge on any atom is 0.175 e. The van der Waals surface area contributed by atoms with Crippen molar-refractivity contribution in [2.45, 2.75) is 13.5 Å². The van der Waals surface area contributed by atoms with Gasteiger partial charge in [0.2, 0.25) is 0 Å². The fraction of sp³-hybridized carbons (Fsp3) is 0.214. The molecule has 7 nitrogen and oxygen atoms in total. The van der Waals surface area contributed by atoms with E-state index >= 15 is 0 Å². The van der Waals surface area contributed by atoms with E-state index < -0.39 is 0 Å². The van der Waals surface area contributed by atoms with Crippen LogP contribution in [0.5, 0.6) is 0 Å². The van der Waals surface area contributed by atoms with Gasteiger partial charge < -0.3 is 4.90 Å². The Labute approximate surface area is 122 Å². The molecule has 3 rings (SSSR count). The van der Waals surface area contributed by atoms with Crippen LogP contribution in [0, 0.1) is 6.92 Å². The molecule has 0 aliphatic heterocycles. The number of hydrogen-bond acceptors (Lipinski definition) is 6. The summed E-state index contributed by atoms with van der Waals surface area (Å²) in [6.45, 7) is 2.57. The van der Waals surface area contributed by atoms with Crippen molar-refractivity contribution < 1.29 is 0 Å². The highest BCUT2D eigenvalue weighted by Gasteiger charge is 2.07. The Morgan fingerprint density at radius 3 is 2.67 bits per heavy atom. The molecular weight excluding hydrogens is 266 g/mol. The Balaban J connectivity index is 1.74. The first-order valence-electron chi connectivity index (χ1n) is 6.55. The van der Waals surface area contributed by atoms with Crippen molar-refractivity contribution in [3.05, 3.63) is 54.4 Å². The molecule has 0 saturated carbocycles. The van der Waals surface area contributed by atoms with E-state index in [0.29, 0.717) is 12.4 Å². The fourth-order valence-corrected chi connectivity index (χ4v) is 1.92. The second kappa shape index (κ2) is 5.66. The molecule has 106 valence electrons. The normalized spacial score (nSPS) is 10.6. The molecule has 0 aliphatic rings. The van der Waals surface area contributed by atoms with Gasteiger partial charge in [-0.05, 0) is 25.1 Å². The van der Waals surface area contributed by atoms with Crippen molar-refractivity contribution in [3.63, 3.8) is 0 Å². The number of aryl methyl sites for hydroxylation is 1. The Morgan fingerprint density at radius 1 is 1.14 bits per heavy atom. The maximum atomic E-state index is 4.31. The SMILES string of the molecule is Cc1ccn(-c2ccc(N(C)Cc3cnccn3)nn2)n1. The molecule has 0 aliphatic carbocycles. The minimum absolute atomic E-state index is 0.628. The van der Waals surface area contributed by atoms with Gasteiger partial charge in [0.25, 0.3) is 0 Å². The topological polar surface area (TPSA) is 72.6 Å². The van der Waals surface area contributed by atoms with Crippen LogP contribution >= 0.6 is 0 Å². The Kier molecular flexibility index (Phi) is 3.55. The standard InChI is InChI=1S/C14H15N7/c1-11-5-8-21(19-11)14-4-3-13(17-18-14)20(2)10-12-9-15-6-7-16-12/h3-9H,10H2,1-2H3. The van der Waals surface area contributed by atoms with Crippen molar-refractivity contribution in [3.8, 4) is 5.82 Å². The molecule has 3 aromatic heterocycles. The number of rotatable bonds is 4. The molecule has 0 radical (unpaired) electrons. The predicted octanol–water partition coefficient (Wildman–Crippen LogP) is 1.40. The van der Waals surface area contributed by atoms with Gasteiger partial charge in [0.15, 0.2) is 11.6 Å². The summed E-state index contributed by atoms with van der Waals surface area (Å²) in [5, 5.41) is 12.7. The summed E-state index contributed by atoms with van der Waals surface area (Å²) in [6.07, 6.45) is 6.94. The van der Waals surface area contributed by atoms with Crippen LogP contribution in [0.3, 0.4) is 0 Å². The second-order valence-electron chi connectivity index (χ2n) is 4.70. The highest BCUT2D eigenvalue weighted by Crippen LogP contribution is 2.12. The minimum Gasteiger partial charge on any atom is -0.352 e. The van der Waals surface area contributed by atoms with Gasteiger partial charge in [-0.2, -0.15) is 5.10 Å². The molecule has 0 fully saturated rings. The lowest BCUT2D eigenvalue weighted by Crippen LogP contribution is -2.19. The first kappa shape index (κ1) is 13.2. The first-order chi connectivity index (χ1) is 10.2. The van der Waals surface area contributed by atoms with Gasteiger partial charge in [-0.25, -0.2) is 4.68 Å². The maximum absolute atomic E-state index is 4.31. The van der Waals surface area contributed by atoms with E-state index in [0.717, 1.165) is 17.2 Å². The van der Waals surface area contributed by atoms with Gasteiger partial charge in [-0.1, -0.05) is 0 Å². The molecule has 0 atom stereocenters. The van der Waals surface area contributed by atoms with Crippen LogP contribution in [-0.4, -0.2) is 37.0 Å². The zero-order chi connectivity index (χ0) is 14.7. The van der Waals surface area contributed by atoms with Crippen LogP contribution in [0.4, 0.5) is 5.82 Å². The van der Waals surface area contributed by atoms with Crippen molar-refractivity contribution in [1.82, 2.24) is 29.9 Å². The third-order valence-electron chi connectivity index (χ3n) is 3.00. The monoisotopic (exact) mass is 281 g/mol. The van der Waals surface area contributed by atoms with E-state index in [1.54, 1.807) is 23.3 Å². The Hall–Kier alpha value is -2.83. The molecule has 0 amide bonds. The Bertz CT molecular complexity index is 706. The van der Waals surface area contributed by atoms with E-state index in [4.69, 9.17) is 0 Å². The summed E-state index contributed by atoms with van der Waals surface area (Å²) in [7, 11) is 1.94. The number of nitrogens with zero attached hydrogens (tertiary/aromatic N) is 7. The van der Waals surface area contributed by atoms with Gasteiger partial charge in [0.05, 0.1) is 24.1 Å². The van der Waals surface area contributed by atoms with Crippen LogP contribution in [0.1, 0.15) is 11.4 Å². The third kappa shape index (κ3) is 3.02. The summed E-state index contributed by atoms with van der Waals surface area (Å²) >= 11 is 0. The number of aromatic nitrogens is 6. The van der Waals surface area contributed by atoms with Crippen molar-refractivity contribution in [2.75, 3.05) is 11.9 Å². The average Bonchev–Trinajstić information content (AvgIpc) is 2.95. The van der Waals surface area contributed by atoms with Gasteiger partial charge in [-0.3, -0.25) is 9.97 Å². The minimum atomic E-state index is 0.628. The van der Waals surface area contributed by atoms with Gasteiger partial charge >= 0.3 is 0 Å². The Morgan fingerprint density at radius 2 is 2.05 bits per heavy atom. The van der Waals surface area contributed by atoms with Crippen molar-refractivity contribution >= 4 is 5.82 Å². The molecule has 0 unspecified atom stereocenters. The van der Waals surface area contributed by atoms with Crippen LogP contribution in [-0.2, 0) is 6.54 Å². The molecule has 21 heavy (non-hydrogen) atoms. The van der Waals surface area contributed by atoms with Crippen LogP contribution in [0.15, 0.2) is 43.0 Å². The molecule has 0 aromatic carbocycles. The number of anilines is 1. The van der Waals surface area contributed by atoms with Crippen LogP contribution in [0.25, 0.3) is 5.82 Å². The third-order valence-corrected chi connectivity index (χ3v) is 3.00. The summed E-state index contributed by atoms with van der Waals surface area (Å²) in [5.41, 5.74) is 1.83. The largest absolute Gasteiger partial charge is 0.352 e. The van der Waals surface area contributed by atoms with Crippen molar-refractivity contribution in [1.29, 1.82) is 0 Å². The molecule has 0 N–H and O–H groups in total. The molecule has 3 heterocycles. The zero-order valence-electron chi connectivity index (χ0n) is 11.9. The second-order valence-corrected chi connectivity index (χ2v) is 4.70. The van der Waals surface area contributed by atoms with Gasteiger partial charge in [0, 0.05) is 25.6 Å². The lowest BCUT2D eigenvalue weighted by Gasteiger charge is -2.16. The summed E-state index contributed by atoms with van der Waals surface area (Å²) < 4.78 is 1.70. The molecule has 3 aromatic rings. The van der Waals surface area contributed by atoms with Crippen LogP contribution in [0.2, 0.25) is 0 Å². The lowest BCUT2D eigenvalue weighted by molar-refractivity contribution is 0.784. The summed E-state index contributed by atoms with van der Waals surface area (Å²) in [5.74, 6) is 1.47. The number of hydrogen-bond donors (Lipinski definition) is 0. The summed E-state index contributed by atoms with van der Waals surface area (Å²) in [4.78, 5) is 10.3. The smallest absolute Gasteiger partial charge is 0.175 e. The predicted molar refractivity (Wildman–Crippen MR) is 78.0 cm³/mol. The fourth-order valence-electron chi connectivity index (χ4n) is 1.92. The molecule has 7 heteroatoms. The zero-order valence-corrected chi connectivity index (χ0v) is 11.9. The van der Waals surface area contributed by atoms with E-state index in [2.05, 4.69) is 25.3 Å². The molecule has 0 saturated heterocycles. The molecule has 0 spiro atoms. The lowest BCUT2D eigenvalue weighted by atomic mass is 10.4. The van der Waals surface area contributed by atoms with E-state index in [-0.39, 0.29) is 0 Å². The summed E-state index contributed by atoms with van der Waals surface area (Å²) in [6, 6.07) is 5.73. The van der Waals surface area contributed by atoms with Crippen LogP contribution < -0.4 is 4.90 Å². The van der Waals surface area contributed by atoms with Gasteiger partial charge in [-0.15, -0.1) is 10.2 Å².